The highest BCUT2D eigenvalue weighted by Gasteiger charge is 2.30. The van der Waals surface area contributed by atoms with E-state index < -0.39 is 5.97 Å². The Labute approximate surface area is 139 Å². The van der Waals surface area contributed by atoms with Crippen molar-refractivity contribution in [2.24, 2.45) is 0 Å². The zero-order valence-corrected chi connectivity index (χ0v) is 13.3. The molecule has 1 fully saturated rings. The van der Waals surface area contributed by atoms with Crippen molar-refractivity contribution in [1.29, 1.82) is 0 Å². The van der Waals surface area contributed by atoms with E-state index in [0.29, 0.717) is 18.7 Å². The van der Waals surface area contributed by atoms with Crippen molar-refractivity contribution >= 4 is 11.9 Å². The minimum absolute atomic E-state index is 0.0796. The average molecular weight is 326 g/mol. The van der Waals surface area contributed by atoms with Crippen LogP contribution in [0.4, 0.5) is 0 Å². The van der Waals surface area contributed by atoms with Gasteiger partial charge in [0.15, 0.2) is 0 Å². The summed E-state index contributed by atoms with van der Waals surface area (Å²) >= 11 is 0. The number of benzene rings is 1. The molecule has 1 aliphatic rings. The summed E-state index contributed by atoms with van der Waals surface area (Å²) in [5.74, 6) is -1.28. The van der Waals surface area contributed by atoms with Crippen LogP contribution in [0.1, 0.15) is 39.4 Å². The molecule has 0 bridgehead atoms. The van der Waals surface area contributed by atoms with Crippen molar-refractivity contribution in [3.8, 4) is 0 Å². The fraction of sp³-hybridized carbons (Fsp3) is 0.278. The fourth-order valence-electron chi connectivity index (χ4n) is 2.80. The van der Waals surface area contributed by atoms with Crippen LogP contribution in [-0.2, 0) is 4.74 Å². The molecule has 2 aromatic rings. The van der Waals surface area contributed by atoms with Crippen LogP contribution in [0, 0.1) is 0 Å². The molecule has 124 valence electrons. The number of nitrogens with zero attached hydrogens (tertiary/aromatic N) is 2. The quantitative estimate of drug-likeness (QED) is 0.937. The van der Waals surface area contributed by atoms with E-state index in [1.807, 2.05) is 37.3 Å². The standard InChI is InChI=1S/C18H18N2O4/c1-12-10-20(11-16(24-12)13-5-3-2-4-6-13)17(21)14-7-8-15(18(22)23)19-9-14/h2-9,12,16H,10-11H2,1H3,(H,22,23)/t12-,16+/m1/s1. The summed E-state index contributed by atoms with van der Waals surface area (Å²) in [5.41, 5.74) is 1.33. The number of morpholine rings is 1. The summed E-state index contributed by atoms with van der Waals surface area (Å²) in [4.78, 5) is 29.1. The van der Waals surface area contributed by atoms with Crippen LogP contribution in [-0.4, -0.2) is 46.1 Å². The lowest BCUT2D eigenvalue weighted by Crippen LogP contribution is -2.46. The van der Waals surface area contributed by atoms with Gasteiger partial charge in [-0.2, -0.15) is 0 Å². The second-order valence-electron chi connectivity index (χ2n) is 5.79. The number of pyridine rings is 1. The molecule has 1 aromatic heterocycles. The van der Waals surface area contributed by atoms with Gasteiger partial charge in [0.05, 0.1) is 18.2 Å². The lowest BCUT2D eigenvalue weighted by molar-refractivity contribution is -0.0691. The van der Waals surface area contributed by atoms with Gasteiger partial charge in [-0.15, -0.1) is 0 Å². The largest absolute Gasteiger partial charge is 0.477 e. The summed E-state index contributed by atoms with van der Waals surface area (Å²) in [5, 5.41) is 8.88. The molecular formula is C18H18N2O4. The summed E-state index contributed by atoms with van der Waals surface area (Å²) < 4.78 is 5.95. The Morgan fingerprint density at radius 1 is 1.17 bits per heavy atom. The molecule has 1 saturated heterocycles. The molecule has 6 nitrogen and oxygen atoms in total. The first-order valence-electron chi connectivity index (χ1n) is 7.73. The third kappa shape index (κ3) is 3.44. The summed E-state index contributed by atoms with van der Waals surface area (Å²) in [6.45, 7) is 2.87. The van der Waals surface area contributed by atoms with Gasteiger partial charge in [0, 0.05) is 12.7 Å². The number of amides is 1. The van der Waals surface area contributed by atoms with Crippen molar-refractivity contribution in [2.45, 2.75) is 19.1 Å². The van der Waals surface area contributed by atoms with E-state index in [1.54, 1.807) is 4.90 Å². The van der Waals surface area contributed by atoms with Crippen LogP contribution in [0.25, 0.3) is 0 Å². The second-order valence-corrected chi connectivity index (χ2v) is 5.79. The molecule has 1 aromatic carbocycles. The number of hydrogen-bond acceptors (Lipinski definition) is 4. The first kappa shape index (κ1) is 16.1. The first-order valence-corrected chi connectivity index (χ1v) is 7.73. The fourth-order valence-corrected chi connectivity index (χ4v) is 2.80. The number of hydrogen-bond donors (Lipinski definition) is 1. The van der Waals surface area contributed by atoms with Gasteiger partial charge in [-0.1, -0.05) is 30.3 Å². The highest BCUT2D eigenvalue weighted by Crippen LogP contribution is 2.26. The van der Waals surface area contributed by atoms with Crippen LogP contribution < -0.4 is 0 Å². The van der Waals surface area contributed by atoms with Crippen LogP contribution in [0.3, 0.4) is 0 Å². The van der Waals surface area contributed by atoms with Gasteiger partial charge < -0.3 is 14.7 Å². The summed E-state index contributed by atoms with van der Waals surface area (Å²) in [6, 6.07) is 12.6. The van der Waals surface area contributed by atoms with Gasteiger partial charge in [0.2, 0.25) is 0 Å². The van der Waals surface area contributed by atoms with E-state index >= 15 is 0 Å². The van der Waals surface area contributed by atoms with Crippen molar-refractivity contribution in [3.05, 3.63) is 65.5 Å². The van der Waals surface area contributed by atoms with Crippen LogP contribution in [0.5, 0.6) is 0 Å². The number of carboxylic acids is 1. The van der Waals surface area contributed by atoms with E-state index in [-0.39, 0.29) is 23.8 Å². The Morgan fingerprint density at radius 3 is 2.54 bits per heavy atom. The molecule has 0 unspecified atom stereocenters. The molecule has 3 rings (SSSR count). The van der Waals surface area contributed by atoms with E-state index in [4.69, 9.17) is 9.84 Å². The van der Waals surface area contributed by atoms with Crippen molar-refractivity contribution in [2.75, 3.05) is 13.1 Å². The Bertz CT molecular complexity index is 730. The number of ether oxygens (including phenoxy) is 1. The molecule has 0 spiro atoms. The molecule has 24 heavy (non-hydrogen) atoms. The molecule has 0 saturated carbocycles. The highest BCUT2D eigenvalue weighted by atomic mass is 16.5. The minimum atomic E-state index is -1.11. The Morgan fingerprint density at radius 2 is 1.92 bits per heavy atom. The van der Waals surface area contributed by atoms with Crippen molar-refractivity contribution < 1.29 is 19.4 Å². The van der Waals surface area contributed by atoms with Crippen LogP contribution in [0.2, 0.25) is 0 Å². The van der Waals surface area contributed by atoms with Crippen LogP contribution >= 0.6 is 0 Å². The lowest BCUT2D eigenvalue weighted by Gasteiger charge is -2.37. The number of aromatic carboxylic acids is 1. The third-order valence-electron chi connectivity index (χ3n) is 3.95. The topological polar surface area (TPSA) is 79.7 Å². The van der Waals surface area contributed by atoms with Gasteiger partial charge in [0.1, 0.15) is 11.8 Å². The van der Waals surface area contributed by atoms with Crippen LogP contribution in [0.15, 0.2) is 48.7 Å². The first-order chi connectivity index (χ1) is 11.5. The number of carbonyl (C=O) groups is 2. The molecule has 2 atom stereocenters. The molecule has 1 aliphatic heterocycles. The zero-order chi connectivity index (χ0) is 17.1. The van der Waals surface area contributed by atoms with Crippen molar-refractivity contribution in [3.63, 3.8) is 0 Å². The average Bonchev–Trinajstić information content (AvgIpc) is 2.61. The monoisotopic (exact) mass is 326 g/mol. The van der Waals surface area contributed by atoms with Gasteiger partial charge in [0.25, 0.3) is 5.91 Å². The van der Waals surface area contributed by atoms with E-state index in [1.165, 1.54) is 18.3 Å². The maximum absolute atomic E-state index is 12.7. The number of carbonyl (C=O) groups excluding carboxylic acids is 1. The lowest BCUT2D eigenvalue weighted by atomic mass is 10.1. The third-order valence-corrected chi connectivity index (χ3v) is 3.95. The second kappa shape index (κ2) is 6.80. The summed E-state index contributed by atoms with van der Waals surface area (Å²) in [7, 11) is 0. The summed E-state index contributed by atoms with van der Waals surface area (Å²) in [6.07, 6.45) is 1.05. The predicted molar refractivity (Wildman–Crippen MR) is 86.8 cm³/mol. The Kier molecular flexibility index (Phi) is 4.57. The SMILES string of the molecule is C[C@@H]1CN(C(=O)c2ccc(C(=O)O)nc2)C[C@@H](c2ccccc2)O1. The minimum Gasteiger partial charge on any atom is -0.477 e. The van der Waals surface area contributed by atoms with Crippen molar-refractivity contribution in [1.82, 2.24) is 9.88 Å². The van der Waals surface area contributed by atoms with Gasteiger partial charge in [-0.05, 0) is 24.6 Å². The number of aromatic nitrogens is 1. The molecule has 2 heterocycles. The van der Waals surface area contributed by atoms with Gasteiger partial charge in [-0.3, -0.25) is 4.79 Å². The van der Waals surface area contributed by atoms with Gasteiger partial charge >= 0.3 is 5.97 Å². The number of carboxylic acid groups (broad SMARTS) is 1. The molecule has 6 heteroatoms. The molecular weight excluding hydrogens is 308 g/mol. The molecule has 0 aliphatic carbocycles. The normalized spacial score (nSPS) is 20.6. The molecule has 0 radical (unpaired) electrons. The number of rotatable bonds is 3. The smallest absolute Gasteiger partial charge is 0.354 e. The zero-order valence-electron chi connectivity index (χ0n) is 13.3. The maximum atomic E-state index is 12.7. The Hall–Kier alpha value is -2.73. The Balaban J connectivity index is 1.77. The van der Waals surface area contributed by atoms with E-state index in [9.17, 15) is 9.59 Å². The van der Waals surface area contributed by atoms with E-state index in [2.05, 4.69) is 4.98 Å². The molecule has 1 N–H and O–H groups in total. The molecule has 1 amide bonds. The van der Waals surface area contributed by atoms with E-state index in [0.717, 1.165) is 5.56 Å². The van der Waals surface area contributed by atoms with Gasteiger partial charge in [-0.25, -0.2) is 9.78 Å². The highest BCUT2D eigenvalue weighted by molar-refractivity contribution is 5.95. The predicted octanol–water partition coefficient (Wildman–Crippen LogP) is 2.38. The maximum Gasteiger partial charge on any atom is 0.354 e.